The Bertz CT molecular complexity index is 656. The average molecular weight is 421 g/mol. The maximum atomic E-state index is 12.4. The van der Waals surface area contributed by atoms with Gasteiger partial charge in [0.05, 0.1) is 24.0 Å². The molecule has 2 aliphatic rings. The van der Waals surface area contributed by atoms with Crippen molar-refractivity contribution in [3.63, 3.8) is 0 Å². The summed E-state index contributed by atoms with van der Waals surface area (Å²) in [7, 11) is 0.817. The fraction of sp³-hybridized carbons (Fsp3) is 0.682. The predicted molar refractivity (Wildman–Crippen MR) is 120 cm³/mol. The summed E-state index contributed by atoms with van der Waals surface area (Å²) in [4.78, 5) is 7.83. The molecular formula is C22H36N4O2S. The van der Waals surface area contributed by atoms with Gasteiger partial charge >= 0.3 is 0 Å². The predicted octanol–water partition coefficient (Wildman–Crippen LogP) is 2.24. The number of benzene rings is 1. The van der Waals surface area contributed by atoms with Gasteiger partial charge in [0.15, 0.2) is 5.96 Å². The summed E-state index contributed by atoms with van der Waals surface area (Å²) in [5.41, 5.74) is 0.306. The van der Waals surface area contributed by atoms with Crippen LogP contribution in [0.15, 0.2) is 40.2 Å². The van der Waals surface area contributed by atoms with E-state index in [1.807, 2.05) is 30.3 Å². The first kappa shape index (κ1) is 22.2. The van der Waals surface area contributed by atoms with Crippen molar-refractivity contribution in [1.82, 2.24) is 15.5 Å². The second kappa shape index (κ2) is 11.7. The summed E-state index contributed by atoms with van der Waals surface area (Å²) in [6.45, 7) is 6.50. The van der Waals surface area contributed by atoms with Crippen molar-refractivity contribution in [3.05, 3.63) is 30.3 Å². The molecule has 1 saturated carbocycles. The Morgan fingerprint density at radius 2 is 1.86 bits per heavy atom. The Morgan fingerprint density at radius 1 is 1.14 bits per heavy atom. The van der Waals surface area contributed by atoms with Gasteiger partial charge in [-0.1, -0.05) is 37.5 Å². The number of hydrogen-bond acceptors (Lipinski definition) is 4. The lowest BCUT2D eigenvalue weighted by atomic mass is 9.73. The van der Waals surface area contributed by atoms with Crippen LogP contribution >= 0.6 is 0 Å². The van der Waals surface area contributed by atoms with Crippen LogP contribution < -0.4 is 10.6 Å². The van der Waals surface area contributed by atoms with Crippen LogP contribution in [0.3, 0.4) is 0 Å². The van der Waals surface area contributed by atoms with Gasteiger partial charge in [-0.2, -0.15) is 0 Å². The summed E-state index contributed by atoms with van der Waals surface area (Å²) in [6.07, 6.45) is 6.52. The smallest absolute Gasteiger partial charge is 0.191 e. The minimum Gasteiger partial charge on any atom is -0.379 e. The molecule has 2 N–H and O–H groups in total. The molecular weight excluding hydrogens is 384 g/mol. The lowest BCUT2D eigenvalue weighted by Gasteiger charge is -2.42. The van der Waals surface area contributed by atoms with Gasteiger partial charge in [0, 0.05) is 55.8 Å². The minimum atomic E-state index is -0.987. The van der Waals surface area contributed by atoms with E-state index in [9.17, 15) is 4.21 Å². The molecule has 0 aromatic heterocycles. The molecule has 29 heavy (non-hydrogen) atoms. The molecule has 7 heteroatoms. The molecule has 162 valence electrons. The number of hydrogen-bond donors (Lipinski definition) is 2. The van der Waals surface area contributed by atoms with Crippen molar-refractivity contribution < 1.29 is 8.95 Å². The van der Waals surface area contributed by atoms with Crippen LogP contribution in [-0.2, 0) is 15.5 Å². The maximum Gasteiger partial charge on any atom is 0.191 e. The summed E-state index contributed by atoms with van der Waals surface area (Å²) in [6, 6.07) is 9.64. The third-order valence-electron chi connectivity index (χ3n) is 6.02. The van der Waals surface area contributed by atoms with Crippen LogP contribution in [0.25, 0.3) is 0 Å². The van der Waals surface area contributed by atoms with Crippen molar-refractivity contribution in [1.29, 1.82) is 0 Å². The molecule has 2 fully saturated rings. The zero-order chi connectivity index (χ0) is 20.4. The summed E-state index contributed by atoms with van der Waals surface area (Å²) in [5.74, 6) is 1.38. The van der Waals surface area contributed by atoms with E-state index in [4.69, 9.17) is 4.74 Å². The first-order valence-electron chi connectivity index (χ1n) is 10.9. The maximum absolute atomic E-state index is 12.4. The summed E-state index contributed by atoms with van der Waals surface area (Å²) in [5, 5.41) is 6.91. The van der Waals surface area contributed by atoms with E-state index in [-0.39, 0.29) is 0 Å². The molecule has 0 radical (unpaired) electrons. The van der Waals surface area contributed by atoms with E-state index < -0.39 is 10.8 Å². The fourth-order valence-corrected chi connectivity index (χ4v) is 5.35. The van der Waals surface area contributed by atoms with Crippen molar-refractivity contribution >= 4 is 16.8 Å². The van der Waals surface area contributed by atoms with E-state index in [1.165, 1.54) is 32.1 Å². The van der Waals surface area contributed by atoms with Gasteiger partial charge in [0.1, 0.15) is 0 Å². The van der Waals surface area contributed by atoms with E-state index >= 15 is 0 Å². The molecule has 1 aliphatic heterocycles. The van der Waals surface area contributed by atoms with Crippen LogP contribution in [0.5, 0.6) is 0 Å². The minimum absolute atomic E-state index is 0.306. The summed E-state index contributed by atoms with van der Waals surface area (Å²) >= 11 is 0. The number of aliphatic imine (C=N–C) groups is 1. The van der Waals surface area contributed by atoms with Gasteiger partial charge in [0.2, 0.25) is 0 Å². The molecule has 3 rings (SSSR count). The number of nitrogens with one attached hydrogen (secondary N) is 2. The van der Waals surface area contributed by atoms with Gasteiger partial charge < -0.3 is 15.4 Å². The Hall–Kier alpha value is -1.44. The van der Waals surface area contributed by atoms with E-state index in [2.05, 4.69) is 20.5 Å². The number of morpholine rings is 1. The first-order chi connectivity index (χ1) is 14.2. The van der Waals surface area contributed by atoms with Crippen LogP contribution in [0.4, 0.5) is 0 Å². The van der Waals surface area contributed by atoms with Crippen molar-refractivity contribution in [2.45, 2.75) is 37.0 Å². The highest BCUT2D eigenvalue weighted by Gasteiger charge is 2.34. The third-order valence-corrected chi connectivity index (χ3v) is 7.39. The molecule has 1 unspecified atom stereocenters. The summed E-state index contributed by atoms with van der Waals surface area (Å²) < 4.78 is 17.9. The fourth-order valence-electron chi connectivity index (χ4n) is 4.37. The molecule has 1 saturated heterocycles. The lowest BCUT2D eigenvalue weighted by Crippen LogP contribution is -2.51. The SMILES string of the molecule is CN=C(NCCS(=O)c1ccccc1)NCC1(CN2CCOCC2)CCCCC1. The van der Waals surface area contributed by atoms with Crippen LogP contribution in [0.1, 0.15) is 32.1 Å². The second-order valence-corrected chi connectivity index (χ2v) is 9.74. The molecule has 0 spiro atoms. The van der Waals surface area contributed by atoms with Crippen LogP contribution in [0.2, 0.25) is 0 Å². The molecule has 0 bridgehead atoms. The molecule has 0 amide bonds. The normalized spacial score (nSPS) is 21.5. The number of rotatable bonds is 8. The van der Waals surface area contributed by atoms with E-state index in [0.29, 0.717) is 17.7 Å². The second-order valence-electron chi connectivity index (χ2n) is 8.16. The van der Waals surface area contributed by atoms with Crippen molar-refractivity contribution in [2.75, 3.05) is 58.7 Å². The molecule has 6 nitrogen and oxygen atoms in total. The van der Waals surface area contributed by atoms with Crippen molar-refractivity contribution in [2.24, 2.45) is 10.4 Å². The molecule has 1 aliphatic carbocycles. The number of nitrogens with zero attached hydrogens (tertiary/aromatic N) is 2. The number of guanidine groups is 1. The zero-order valence-corrected chi connectivity index (χ0v) is 18.5. The molecule has 1 heterocycles. The van der Waals surface area contributed by atoms with Gasteiger partial charge in [-0.15, -0.1) is 0 Å². The molecule has 1 atom stereocenters. The largest absolute Gasteiger partial charge is 0.379 e. The van der Waals surface area contributed by atoms with E-state index in [0.717, 1.165) is 50.2 Å². The molecule has 1 aromatic rings. The van der Waals surface area contributed by atoms with Gasteiger partial charge in [0.25, 0.3) is 0 Å². The number of ether oxygens (including phenoxy) is 1. The Balaban J connectivity index is 1.47. The highest BCUT2D eigenvalue weighted by atomic mass is 32.2. The van der Waals surface area contributed by atoms with Gasteiger partial charge in [-0.25, -0.2) is 0 Å². The quantitative estimate of drug-likeness (QED) is 0.499. The zero-order valence-electron chi connectivity index (χ0n) is 17.7. The monoisotopic (exact) mass is 420 g/mol. The third kappa shape index (κ3) is 7.08. The lowest BCUT2D eigenvalue weighted by molar-refractivity contribution is 0.00820. The Kier molecular flexibility index (Phi) is 8.95. The van der Waals surface area contributed by atoms with Crippen LogP contribution in [0, 0.1) is 5.41 Å². The van der Waals surface area contributed by atoms with E-state index in [1.54, 1.807) is 7.05 Å². The first-order valence-corrected chi connectivity index (χ1v) is 12.2. The highest BCUT2D eigenvalue weighted by Crippen LogP contribution is 2.36. The topological polar surface area (TPSA) is 66.0 Å². The molecule has 1 aromatic carbocycles. The highest BCUT2D eigenvalue weighted by molar-refractivity contribution is 7.85. The average Bonchev–Trinajstić information content (AvgIpc) is 2.78. The van der Waals surface area contributed by atoms with Crippen molar-refractivity contribution in [3.8, 4) is 0 Å². The Labute approximate surface area is 178 Å². The standard InChI is InChI=1S/C22H36N4O2S/c1-23-21(24-12-17-29(27)20-8-4-2-5-9-20)25-18-22(10-6-3-7-11-22)19-26-13-15-28-16-14-26/h2,4-5,8-9H,3,6-7,10-19H2,1H3,(H2,23,24,25). The van der Waals surface area contributed by atoms with Gasteiger partial charge in [-0.3, -0.25) is 14.1 Å². The van der Waals surface area contributed by atoms with Crippen LogP contribution in [-0.4, -0.2) is 73.8 Å². The van der Waals surface area contributed by atoms with Gasteiger partial charge in [-0.05, 0) is 25.0 Å². The Morgan fingerprint density at radius 3 is 2.55 bits per heavy atom.